The summed E-state index contributed by atoms with van der Waals surface area (Å²) >= 11 is 0. The minimum Gasteiger partial charge on any atom is -0.295 e. The summed E-state index contributed by atoms with van der Waals surface area (Å²) in [6, 6.07) is 0. The van der Waals surface area contributed by atoms with Gasteiger partial charge in [0.05, 0.1) is 8.07 Å². The molecule has 0 amide bonds. The van der Waals surface area contributed by atoms with Crippen molar-refractivity contribution in [3.63, 3.8) is 0 Å². The third kappa shape index (κ3) is 3.14. The van der Waals surface area contributed by atoms with Crippen molar-refractivity contribution in [1.82, 2.24) is 0 Å². The van der Waals surface area contributed by atoms with E-state index in [0.29, 0.717) is 17.6 Å². The van der Waals surface area contributed by atoms with Crippen LogP contribution in [0, 0.1) is 11.8 Å². The molecule has 0 saturated heterocycles. The van der Waals surface area contributed by atoms with E-state index in [-0.39, 0.29) is 0 Å². The van der Waals surface area contributed by atoms with Crippen LogP contribution in [0.25, 0.3) is 0 Å². The van der Waals surface area contributed by atoms with E-state index in [1.807, 2.05) is 0 Å². The first-order valence-electron chi connectivity index (χ1n) is 7.76. The smallest absolute Gasteiger partial charge is 0.158 e. The van der Waals surface area contributed by atoms with Crippen LogP contribution in [0.3, 0.4) is 0 Å². The van der Waals surface area contributed by atoms with Crippen molar-refractivity contribution in [3.8, 4) is 0 Å². The fourth-order valence-corrected chi connectivity index (χ4v) is 5.15. The van der Waals surface area contributed by atoms with E-state index in [1.54, 1.807) is 0 Å². The minimum atomic E-state index is -1.42. The lowest BCUT2D eigenvalue weighted by atomic mass is 9.84. The molecule has 0 radical (unpaired) electrons. The normalized spacial score (nSPS) is 30.8. The topological polar surface area (TPSA) is 17.1 Å². The van der Waals surface area contributed by atoms with Gasteiger partial charge in [0.1, 0.15) is 0 Å². The molecule has 18 heavy (non-hydrogen) atoms. The zero-order chi connectivity index (χ0) is 13.2. The van der Waals surface area contributed by atoms with Gasteiger partial charge < -0.3 is 0 Å². The molecule has 2 aliphatic rings. The molecule has 1 fully saturated rings. The van der Waals surface area contributed by atoms with Crippen LogP contribution in [0.5, 0.6) is 0 Å². The number of hydrogen-bond acceptors (Lipinski definition) is 1. The van der Waals surface area contributed by atoms with Crippen LogP contribution in [0.4, 0.5) is 0 Å². The predicted molar refractivity (Wildman–Crippen MR) is 80.4 cm³/mol. The Kier molecular flexibility index (Phi) is 4.47. The molecule has 0 aromatic carbocycles. The van der Waals surface area contributed by atoms with Gasteiger partial charge in [0.15, 0.2) is 5.78 Å². The summed E-state index contributed by atoms with van der Waals surface area (Å²) in [6.45, 7) is 6.94. The third-order valence-corrected chi connectivity index (χ3v) is 6.64. The molecule has 0 N–H and O–H groups in total. The van der Waals surface area contributed by atoms with Crippen molar-refractivity contribution in [1.29, 1.82) is 0 Å². The Morgan fingerprint density at radius 2 is 1.50 bits per heavy atom. The highest BCUT2D eigenvalue weighted by Crippen LogP contribution is 2.38. The van der Waals surface area contributed by atoms with E-state index in [0.717, 1.165) is 6.42 Å². The summed E-state index contributed by atoms with van der Waals surface area (Å²) in [5.74, 6) is 1.46. The van der Waals surface area contributed by atoms with Gasteiger partial charge in [0, 0.05) is 5.92 Å². The number of ketones is 1. The first kappa shape index (κ1) is 14.0. The highest BCUT2D eigenvalue weighted by atomic mass is 28.3. The second kappa shape index (κ2) is 5.73. The maximum absolute atomic E-state index is 12.6. The van der Waals surface area contributed by atoms with Gasteiger partial charge in [-0.25, -0.2) is 0 Å². The summed E-state index contributed by atoms with van der Waals surface area (Å²) in [5.41, 5.74) is 0. The zero-order valence-electron chi connectivity index (χ0n) is 12.3. The Bertz CT molecular complexity index is 337. The van der Waals surface area contributed by atoms with E-state index in [2.05, 4.69) is 25.7 Å². The Morgan fingerprint density at radius 3 is 2.11 bits per heavy atom. The van der Waals surface area contributed by atoms with E-state index in [1.165, 1.54) is 50.1 Å². The predicted octanol–water partition coefficient (Wildman–Crippen LogP) is 4.74. The van der Waals surface area contributed by atoms with E-state index >= 15 is 0 Å². The van der Waals surface area contributed by atoms with Crippen molar-refractivity contribution >= 4 is 13.9 Å². The van der Waals surface area contributed by atoms with Crippen LogP contribution >= 0.6 is 0 Å². The standard InChI is InChI=1S/C16H28OSi/c1-18(2,3)15-12-13-10-8-6-4-5-7-9-11-14(13)16(15)17/h12-14H,4-11H2,1-3H3/t13-,14+/m1/s1. The monoisotopic (exact) mass is 264 g/mol. The molecule has 2 atom stereocenters. The van der Waals surface area contributed by atoms with Crippen LogP contribution in [-0.2, 0) is 4.79 Å². The van der Waals surface area contributed by atoms with Crippen molar-refractivity contribution in [2.24, 2.45) is 11.8 Å². The van der Waals surface area contributed by atoms with E-state index in [4.69, 9.17) is 0 Å². The highest BCUT2D eigenvalue weighted by molar-refractivity contribution is 6.87. The number of allylic oxidation sites excluding steroid dienone is 2. The SMILES string of the molecule is C[Si](C)(C)C1=C[C@H]2CCCCCCCC[C@@H]2C1=O. The summed E-state index contributed by atoms with van der Waals surface area (Å²) < 4.78 is 0. The van der Waals surface area contributed by atoms with Crippen molar-refractivity contribution < 1.29 is 4.79 Å². The molecule has 2 aliphatic carbocycles. The third-order valence-electron chi connectivity index (χ3n) is 4.61. The first-order chi connectivity index (χ1) is 8.50. The zero-order valence-corrected chi connectivity index (χ0v) is 13.3. The lowest BCUT2D eigenvalue weighted by molar-refractivity contribution is -0.119. The van der Waals surface area contributed by atoms with Crippen LogP contribution < -0.4 is 0 Å². The summed E-state index contributed by atoms with van der Waals surface area (Å²) in [6.07, 6.45) is 12.9. The molecule has 0 aliphatic heterocycles. The number of carbonyl (C=O) groups is 1. The molecule has 102 valence electrons. The Hall–Kier alpha value is -0.373. The van der Waals surface area contributed by atoms with Crippen LogP contribution in [-0.4, -0.2) is 13.9 Å². The largest absolute Gasteiger partial charge is 0.295 e. The molecule has 1 nitrogen and oxygen atoms in total. The van der Waals surface area contributed by atoms with Gasteiger partial charge in [0.2, 0.25) is 0 Å². The molecule has 0 aromatic heterocycles. The number of Topliss-reactive ketones (excluding diaryl/α,β-unsaturated/α-hetero) is 1. The van der Waals surface area contributed by atoms with Crippen LogP contribution in [0.1, 0.15) is 51.4 Å². The average molecular weight is 264 g/mol. The number of fused-ring (bicyclic) bond motifs is 1. The highest BCUT2D eigenvalue weighted by Gasteiger charge is 2.39. The van der Waals surface area contributed by atoms with Crippen LogP contribution in [0.2, 0.25) is 19.6 Å². The summed E-state index contributed by atoms with van der Waals surface area (Å²) in [5, 5.41) is 1.25. The van der Waals surface area contributed by atoms with Gasteiger partial charge in [-0.1, -0.05) is 64.2 Å². The van der Waals surface area contributed by atoms with Gasteiger partial charge >= 0.3 is 0 Å². The summed E-state index contributed by atoms with van der Waals surface area (Å²) in [4.78, 5) is 12.6. The first-order valence-corrected chi connectivity index (χ1v) is 11.3. The lowest BCUT2D eigenvalue weighted by Gasteiger charge is -2.21. The maximum atomic E-state index is 12.6. The Labute approximate surface area is 113 Å². The number of rotatable bonds is 1. The van der Waals surface area contributed by atoms with Gasteiger partial charge in [-0.15, -0.1) is 0 Å². The Balaban J connectivity index is 2.13. The van der Waals surface area contributed by atoms with Crippen LogP contribution in [0.15, 0.2) is 11.3 Å². The quantitative estimate of drug-likeness (QED) is 0.625. The van der Waals surface area contributed by atoms with Crippen molar-refractivity contribution in [2.75, 3.05) is 0 Å². The number of hydrogen-bond donors (Lipinski definition) is 0. The molecule has 2 rings (SSSR count). The van der Waals surface area contributed by atoms with Gasteiger partial charge in [-0.05, 0) is 24.0 Å². The molecule has 0 heterocycles. The minimum absolute atomic E-state index is 0.352. The van der Waals surface area contributed by atoms with E-state index in [9.17, 15) is 4.79 Å². The second-order valence-corrected chi connectivity index (χ2v) is 12.2. The fraction of sp³-hybridized carbons (Fsp3) is 0.812. The van der Waals surface area contributed by atoms with Crippen molar-refractivity contribution in [2.45, 2.75) is 71.0 Å². The molecule has 0 spiro atoms. The molecule has 0 bridgehead atoms. The molecule has 0 unspecified atom stereocenters. The van der Waals surface area contributed by atoms with Gasteiger partial charge in [0.25, 0.3) is 0 Å². The molecule has 2 heteroatoms. The molecular weight excluding hydrogens is 236 g/mol. The second-order valence-electron chi connectivity index (χ2n) is 7.16. The molecular formula is C16H28OSi. The average Bonchev–Trinajstić information content (AvgIpc) is 2.62. The molecule has 1 saturated carbocycles. The molecule has 0 aromatic rings. The number of carbonyl (C=O) groups excluding carboxylic acids is 1. The lowest BCUT2D eigenvalue weighted by Crippen LogP contribution is -2.30. The van der Waals surface area contributed by atoms with Crippen molar-refractivity contribution in [3.05, 3.63) is 11.3 Å². The van der Waals surface area contributed by atoms with Gasteiger partial charge in [-0.2, -0.15) is 0 Å². The Morgan fingerprint density at radius 1 is 0.944 bits per heavy atom. The van der Waals surface area contributed by atoms with Gasteiger partial charge in [-0.3, -0.25) is 4.79 Å². The maximum Gasteiger partial charge on any atom is 0.158 e. The van der Waals surface area contributed by atoms with E-state index < -0.39 is 8.07 Å². The summed E-state index contributed by atoms with van der Waals surface area (Å²) in [7, 11) is -1.42. The fourth-order valence-electron chi connectivity index (χ4n) is 3.51.